The van der Waals surface area contributed by atoms with Crippen LogP contribution in [0.2, 0.25) is 0 Å². The number of hydrogen-bond acceptors (Lipinski definition) is 5. The molecule has 6 nitrogen and oxygen atoms in total. The fourth-order valence-corrected chi connectivity index (χ4v) is 2.96. The molecule has 2 N–H and O–H groups in total. The highest BCUT2D eigenvalue weighted by molar-refractivity contribution is 7.89. The zero-order chi connectivity index (χ0) is 17.2. The van der Waals surface area contributed by atoms with Crippen molar-refractivity contribution in [3.05, 3.63) is 47.5 Å². The molecule has 7 heteroatoms. The second-order valence-electron chi connectivity index (χ2n) is 4.95. The summed E-state index contributed by atoms with van der Waals surface area (Å²) in [6.45, 7) is 1.92. The number of aryl methyl sites for hydroxylation is 1. The molecule has 0 amide bonds. The molecule has 0 aliphatic rings. The highest BCUT2D eigenvalue weighted by Gasteiger charge is 2.23. The van der Waals surface area contributed by atoms with Crippen LogP contribution in [0.1, 0.15) is 15.9 Å². The summed E-state index contributed by atoms with van der Waals surface area (Å²) in [6, 6.07) is 9.89. The van der Waals surface area contributed by atoms with Crippen molar-refractivity contribution in [1.82, 2.24) is 0 Å². The van der Waals surface area contributed by atoms with Crippen molar-refractivity contribution in [1.29, 1.82) is 0 Å². The maximum Gasteiger partial charge on any atom is 0.341 e. The number of esters is 1. The number of nitrogens with two attached hydrogens (primary N) is 1. The van der Waals surface area contributed by atoms with Gasteiger partial charge in [-0.25, -0.2) is 18.4 Å². The normalized spacial score (nSPS) is 11.1. The first-order valence-electron chi connectivity index (χ1n) is 6.68. The molecular weight excluding hydrogens is 318 g/mol. The monoisotopic (exact) mass is 335 g/mol. The van der Waals surface area contributed by atoms with E-state index in [9.17, 15) is 13.2 Å². The smallest absolute Gasteiger partial charge is 0.341 e. The molecule has 2 aromatic carbocycles. The van der Waals surface area contributed by atoms with E-state index in [1.54, 1.807) is 12.1 Å². The lowest BCUT2D eigenvalue weighted by Gasteiger charge is -2.14. The number of rotatable bonds is 4. The van der Waals surface area contributed by atoms with Gasteiger partial charge in [0.25, 0.3) is 0 Å². The molecular formula is C16H17NO5S. The van der Waals surface area contributed by atoms with Gasteiger partial charge in [0.15, 0.2) is 0 Å². The summed E-state index contributed by atoms with van der Waals surface area (Å²) in [5.41, 5.74) is 2.03. The van der Waals surface area contributed by atoms with Gasteiger partial charge in [0, 0.05) is 5.56 Å². The number of sulfonamides is 1. The van der Waals surface area contributed by atoms with E-state index in [2.05, 4.69) is 4.74 Å². The lowest BCUT2D eigenvalue weighted by atomic mass is 10.0. The van der Waals surface area contributed by atoms with Crippen molar-refractivity contribution in [2.24, 2.45) is 5.14 Å². The fourth-order valence-electron chi connectivity index (χ4n) is 2.19. The lowest BCUT2D eigenvalue weighted by molar-refractivity contribution is 0.0597. The molecule has 0 aliphatic heterocycles. The van der Waals surface area contributed by atoms with E-state index in [0.717, 1.165) is 5.56 Å². The minimum Gasteiger partial charge on any atom is -0.496 e. The Bertz CT molecular complexity index is 842. The molecule has 0 unspecified atom stereocenters. The van der Waals surface area contributed by atoms with Crippen molar-refractivity contribution >= 4 is 16.0 Å². The second-order valence-corrected chi connectivity index (χ2v) is 6.48. The van der Waals surface area contributed by atoms with Gasteiger partial charge < -0.3 is 9.47 Å². The Morgan fingerprint density at radius 2 is 1.70 bits per heavy atom. The molecule has 2 rings (SSSR count). The average Bonchev–Trinajstić information content (AvgIpc) is 2.52. The van der Waals surface area contributed by atoms with Crippen molar-refractivity contribution < 1.29 is 22.7 Å². The molecule has 0 radical (unpaired) electrons. The van der Waals surface area contributed by atoms with Crippen LogP contribution in [0, 0.1) is 6.92 Å². The van der Waals surface area contributed by atoms with Crippen molar-refractivity contribution in [2.75, 3.05) is 14.2 Å². The van der Waals surface area contributed by atoms with Gasteiger partial charge in [0.1, 0.15) is 11.3 Å². The van der Waals surface area contributed by atoms with E-state index >= 15 is 0 Å². The summed E-state index contributed by atoms with van der Waals surface area (Å²) in [5.74, 6) is -0.498. The molecule has 0 spiro atoms. The molecule has 0 fully saturated rings. The van der Waals surface area contributed by atoms with Gasteiger partial charge in [-0.3, -0.25) is 0 Å². The van der Waals surface area contributed by atoms with Crippen molar-refractivity contribution in [2.45, 2.75) is 11.8 Å². The summed E-state index contributed by atoms with van der Waals surface area (Å²) < 4.78 is 33.7. The Morgan fingerprint density at radius 1 is 1.09 bits per heavy atom. The van der Waals surface area contributed by atoms with E-state index < -0.39 is 16.0 Å². The van der Waals surface area contributed by atoms with Gasteiger partial charge in [-0.05, 0) is 24.6 Å². The minimum atomic E-state index is -4.04. The number of primary sulfonamides is 1. The van der Waals surface area contributed by atoms with Crippen LogP contribution in [0.3, 0.4) is 0 Å². The maximum atomic E-state index is 11.9. The Hall–Kier alpha value is -2.38. The van der Waals surface area contributed by atoms with E-state index in [0.29, 0.717) is 11.1 Å². The molecule has 0 heterocycles. The first kappa shape index (κ1) is 17.0. The molecule has 0 atom stereocenters. The largest absolute Gasteiger partial charge is 0.496 e. The fraction of sp³-hybridized carbons (Fsp3) is 0.188. The Balaban J connectivity index is 2.79. The topological polar surface area (TPSA) is 95.7 Å². The first-order valence-corrected chi connectivity index (χ1v) is 8.22. The average molecular weight is 335 g/mol. The summed E-state index contributed by atoms with van der Waals surface area (Å²) >= 11 is 0. The maximum absolute atomic E-state index is 11.9. The number of ether oxygens (including phenoxy) is 2. The summed E-state index contributed by atoms with van der Waals surface area (Å²) in [6.07, 6.45) is 0. The number of benzene rings is 2. The van der Waals surface area contributed by atoms with E-state index in [1.165, 1.54) is 26.4 Å². The van der Waals surface area contributed by atoms with Crippen LogP contribution in [0.25, 0.3) is 11.1 Å². The Kier molecular flexibility index (Phi) is 4.72. The lowest BCUT2D eigenvalue weighted by Crippen LogP contribution is -2.15. The van der Waals surface area contributed by atoms with Crippen LogP contribution in [-0.4, -0.2) is 28.6 Å². The van der Waals surface area contributed by atoms with Crippen LogP contribution in [0.5, 0.6) is 5.75 Å². The standard InChI is InChI=1S/C16H17NO5S/c1-10-4-6-11(7-5-10)12-8-14(21-2)13(16(18)22-3)9-15(12)23(17,19)20/h4-9H,1-3H3,(H2,17,19,20). The van der Waals surface area contributed by atoms with E-state index in [1.807, 2.05) is 19.1 Å². The van der Waals surface area contributed by atoms with E-state index in [-0.39, 0.29) is 16.2 Å². The molecule has 0 saturated carbocycles. The molecule has 0 saturated heterocycles. The first-order chi connectivity index (χ1) is 10.8. The summed E-state index contributed by atoms with van der Waals surface area (Å²) in [5, 5.41) is 5.31. The van der Waals surface area contributed by atoms with Crippen LogP contribution in [-0.2, 0) is 14.8 Å². The Labute approximate surface area is 134 Å². The van der Waals surface area contributed by atoms with Crippen LogP contribution in [0.15, 0.2) is 41.3 Å². The third-order valence-electron chi connectivity index (χ3n) is 3.38. The zero-order valence-electron chi connectivity index (χ0n) is 13.0. The molecule has 0 aliphatic carbocycles. The van der Waals surface area contributed by atoms with Gasteiger partial charge >= 0.3 is 5.97 Å². The minimum absolute atomic E-state index is 0.00473. The molecule has 23 heavy (non-hydrogen) atoms. The predicted octanol–water partition coefficient (Wildman–Crippen LogP) is 2.10. The molecule has 0 aromatic heterocycles. The highest BCUT2D eigenvalue weighted by Crippen LogP contribution is 2.34. The quantitative estimate of drug-likeness (QED) is 0.863. The van der Waals surface area contributed by atoms with Gasteiger partial charge in [-0.2, -0.15) is 0 Å². The van der Waals surface area contributed by atoms with Gasteiger partial charge in [-0.15, -0.1) is 0 Å². The third kappa shape index (κ3) is 3.52. The predicted molar refractivity (Wildman–Crippen MR) is 85.9 cm³/mol. The zero-order valence-corrected chi connectivity index (χ0v) is 13.8. The Morgan fingerprint density at radius 3 is 2.17 bits per heavy atom. The SMILES string of the molecule is COC(=O)c1cc(S(N)(=O)=O)c(-c2ccc(C)cc2)cc1OC. The molecule has 2 aromatic rings. The summed E-state index contributed by atoms with van der Waals surface area (Å²) in [7, 11) is -1.46. The number of methoxy groups -OCH3 is 2. The van der Waals surface area contributed by atoms with Crippen molar-refractivity contribution in [3.63, 3.8) is 0 Å². The van der Waals surface area contributed by atoms with E-state index in [4.69, 9.17) is 9.88 Å². The van der Waals surface area contributed by atoms with Crippen molar-refractivity contribution in [3.8, 4) is 16.9 Å². The van der Waals surface area contributed by atoms with Crippen LogP contribution < -0.4 is 9.88 Å². The van der Waals surface area contributed by atoms with Gasteiger partial charge in [-0.1, -0.05) is 29.8 Å². The van der Waals surface area contributed by atoms with Gasteiger partial charge in [0.05, 0.1) is 19.1 Å². The summed E-state index contributed by atoms with van der Waals surface area (Å²) in [4.78, 5) is 11.7. The van der Waals surface area contributed by atoms with Gasteiger partial charge in [0.2, 0.25) is 10.0 Å². The third-order valence-corrected chi connectivity index (χ3v) is 4.33. The number of hydrogen-bond donors (Lipinski definition) is 1. The molecule has 122 valence electrons. The molecule has 0 bridgehead atoms. The highest BCUT2D eigenvalue weighted by atomic mass is 32.2. The van der Waals surface area contributed by atoms with Crippen LogP contribution in [0.4, 0.5) is 0 Å². The second kappa shape index (κ2) is 6.39. The van der Waals surface area contributed by atoms with Crippen LogP contribution >= 0.6 is 0 Å². The number of carbonyl (C=O) groups excluding carboxylic acids is 1. The number of carbonyl (C=O) groups is 1.